The van der Waals surface area contributed by atoms with Crippen LogP contribution in [0.3, 0.4) is 0 Å². The van der Waals surface area contributed by atoms with E-state index in [0.717, 1.165) is 22.0 Å². The van der Waals surface area contributed by atoms with E-state index in [2.05, 4.69) is 30.1 Å². The second kappa shape index (κ2) is 9.25. The van der Waals surface area contributed by atoms with Gasteiger partial charge in [-0.1, -0.05) is 41.0 Å². The van der Waals surface area contributed by atoms with E-state index in [1.54, 1.807) is 23.7 Å². The number of nitrogens with zero attached hydrogens (tertiary/aromatic N) is 4. The molecular weight excluding hydrogens is 520 g/mol. The van der Waals surface area contributed by atoms with Gasteiger partial charge in [-0.15, -0.1) is 0 Å². The Morgan fingerprint density at radius 3 is 2.62 bits per heavy atom. The maximum absolute atomic E-state index is 13.6. The maximum atomic E-state index is 13.6. The number of hydrogen-bond donors (Lipinski definition) is 2. The van der Waals surface area contributed by atoms with Crippen LogP contribution in [0.5, 0.6) is 0 Å². The van der Waals surface area contributed by atoms with Crippen molar-refractivity contribution in [3.63, 3.8) is 0 Å². The van der Waals surface area contributed by atoms with Gasteiger partial charge in [-0.05, 0) is 50.6 Å². The lowest BCUT2D eigenvalue weighted by Crippen LogP contribution is -2.13. The third-order valence-corrected chi connectivity index (χ3v) is 6.94. The summed E-state index contributed by atoms with van der Waals surface area (Å²) in [5, 5.41) is 13.4. The van der Waals surface area contributed by atoms with Gasteiger partial charge in [-0.2, -0.15) is 5.10 Å². The zero-order valence-corrected chi connectivity index (χ0v) is 22.3. The predicted molar refractivity (Wildman–Crippen MR) is 149 cm³/mol. The van der Waals surface area contributed by atoms with Crippen molar-refractivity contribution in [3.05, 3.63) is 91.1 Å². The van der Waals surface area contributed by atoms with Gasteiger partial charge in [0.15, 0.2) is 11.2 Å². The third-order valence-electron chi connectivity index (χ3n) is 6.73. The number of para-hydroxylation sites is 1. The molecule has 2 N–H and O–H groups in total. The van der Waals surface area contributed by atoms with Gasteiger partial charge in [-0.25, -0.2) is 9.78 Å². The molecule has 4 aromatic heterocycles. The van der Waals surface area contributed by atoms with Crippen LogP contribution in [0.2, 0.25) is 5.15 Å². The molecule has 4 heterocycles. The first-order valence-corrected chi connectivity index (χ1v) is 12.6. The van der Waals surface area contributed by atoms with Crippen LogP contribution in [0.1, 0.15) is 29.7 Å². The van der Waals surface area contributed by atoms with Gasteiger partial charge >= 0.3 is 5.76 Å². The van der Waals surface area contributed by atoms with Gasteiger partial charge in [-0.3, -0.25) is 19.0 Å². The molecule has 0 aliphatic heterocycles. The van der Waals surface area contributed by atoms with Crippen molar-refractivity contribution in [2.45, 2.75) is 26.8 Å². The molecule has 2 aromatic carbocycles. The summed E-state index contributed by atoms with van der Waals surface area (Å²) in [6.07, 6.45) is 0. The van der Waals surface area contributed by atoms with E-state index < -0.39 is 5.76 Å². The van der Waals surface area contributed by atoms with Crippen molar-refractivity contribution in [3.8, 4) is 23.0 Å². The number of rotatable bonds is 5. The van der Waals surface area contributed by atoms with Crippen LogP contribution in [0.25, 0.3) is 44.8 Å². The lowest BCUT2D eigenvalue weighted by molar-refractivity contribution is 0.388. The zero-order chi connectivity index (χ0) is 27.4. The number of fused-ring (bicyclic) bond motifs is 2. The number of halogens is 1. The van der Waals surface area contributed by atoms with Crippen LogP contribution < -0.4 is 16.5 Å². The second-order valence-corrected chi connectivity index (χ2v) is 9.83. The highest BCUT2D eigenvalue weighted by Crippen LogP contribution is 2.35. The Morgan fingerprint density at radius 1 is 1.05 bits per heavy atom. The van der Waals surface area contributed by atoms with Crippen molar-refractivity contribution >= 4 is 39.2 Å². The van der Waals surface area contributed by atoms with Crippen molar-refractivity contribution in [1.29, 1.82) is 0 Å². The summed E-state index contributed by atoms with van der Waals surface area (Å²) in [5.41, 5.74) is 4.90. The molecule has 1 atom stereocenters. The molecule has 0 saturated carbocycles. The Kier molecular flexibility index (Phi) is 5.84. The van der Waals surface area contributed by atoms with E-state index in [1.807, 2.05) is 57.3 Å². The standard InChI is InChI=1S/C28H23ClN6O4/c1-13-11-17(15(3)30-19-9-10-21(29)31-23(19)27-32-28(37)39-34-27)26-18(12-13)24(36)14(2)25(38-26)22-16-7-5-6-8-20(16)35(4)33-22/h5-12,15,30H,1-4H3,(H,32,34,37)/t15-/m1/s1. The van der Waals surface area contributed by atoms with Gasteiger partial charge in [0, 0.05) is 23.6 Å². The Balaban J connectivity index is 1.52. The van der Waals surface area contributed by atoms with Crippen molar-refractivity contribution in [2.75, 3.05) is 5.32 Å². The fraction of sp³-hybridized carbons (Fsp3) is 0.179. The van der Waals surface area contributed by atoms with Gasteiger partial charge in [0.2, 0.25) is 5.82 Å². The summed E-state index contributed by atoms with van der Waals surface area (Å²) in [6.45, 7) is 5.63. The van der Waals surface area contributed by atoms with Crippen molar-refractivity contribution in [1.82, 2.24) is 24.9 Å². The number of nitrogens with one attached hydrogen (secondary N) is 2. The van der Waals surface area contributed by atoms with E-state index in [1.165, 1.54) is 0 Å². The van der Waals surface area contributed by atoms with E-state index in [4.69, 9.17) is 16.0 Å². The Bertz CT molecular complexity index is 2020. The number of hydrogen-bond acceptors (Lipinski definition) is 8. The van der Waals surface area contributed by atoms with E-state index in [9.17, 15) is 9.59 Å². The summed E-state index contributed by atoms with van der Waals surface area (Å²) in [6, 6.07) is 14.6. The summed E-state index contributed by atoms with van der Waals surface area (Å²) < 4.78 is 13.0. The van der Waals surface area contributed by atoms with Gasteiger partial charge in [0.1, 0.15) is 22.1 Å². The third kappa shape index (κ3) is 4.18. The van der Waals surface area contributed by atoms with Crippen LogP contribution in [0.15, 0.2) is 67.1 Å². The molecule has 0 unspecified atom stereocenters. The van der Waals surface area contributed by atoms with Crippen LogP contribution in [-0.4, -0.2) is 24.9 Å². The van der Waals surface area contributed by atoms with Crippen LogP contribution in [0, 0.1) is 13.8 Å². The zero-order valence-electron chi connectivity index (χ0n) is 21.5. The van der Waals surface area contributed by atoms with Crippen LogP contribution >= 0.6 is 11.6 Å². The monoisotopic (exact) mass is 542 g/mol. The topological polar surface area (TPSA) is 132 Å². The number of H-pyrrole nitrogens is 1. The highest BCUT2D eigenvalue weighted by atomic mass is 35.5. The van der Waals surface area contributed by atoms with Gasteiger partial charge in [0.25, 0.3) is 0 Å². The summed E-state index contributed by atoms with van der Waals surface area (Å²) in [4.78, 5) is 32.0. The first kappa shape index (κ1) is 24.6. The SMILES string of the molecule is Cc1cc([C@@H](C)Nc2ccc(Cl)nc2-c2noc(=O)[nH]2)c2oc(-c3nn(C)c4ccccc34)c(C)c(=O)c2c1. The average Bonchev–Trinajstić information content (AvgIpc) is 3.50. The molecule has 0 spiro atoms. The van der Waals surface area contributed by atoms with Crippen LogP contribution in [0.4, 0.5) is 5.69 Å². The van der Waals surface area contributed by atoms with Crippen LogP contribution in [-0.2, 0) is 7.05 Å². The quantitative estimate of drug-likeness (QED) is 0.272. The Hall–Kier alpha value is -4.70. The molecular formula is C28H23ClN6O4. The fourth-order valence-electron chi connectivity index (χ4n) is 4.87. The molecule has 0 bridgehead atoms. The highest BCUT2D eigenvalue weighted by Gasteiger charge is 2.23. The molecule has 0 saturated heterocycles. The minimum atomic E-state index is -0.706. The number of pyridine rings is 1. The maximum Gasteiger partial charge on any atom is 0.439 e. The number of anilines is 1. The fourth-order valence-corrected chi connectivity index (χ4v) is 5.02. The number of aromatic nitrogens is 5. The minimum Gasteiger partial charge on any atom is -0.453 e. The normalized spacial score (nSPS) is 12.3. The van der Waals surface area contributed by atoms with E-state index >= 15 is 0 Å². The number of aromatic amines is 1. The van der Waals surface area contributed by atoms with Crippen molar-refractivity contribution in [2.24, 2.45) is 7.05 Å². The molecule has 6 rings (SSSR count). The molecule has 0 aliphatic rings. The first-order chi connectivity index (χ1) is 18.7. The molecule has 0 fully saturated rings. The number of aryl methyl sites for hydroxylation is 2. The van der Waals surface area contributed by atoms with Gasteiger partial charge < -0.3 is 9.73 Å². The Morgan fingerprint density at radius 2 is 1.85 bits per heavy atom. The first-order valence-electron chi connectivity index (χ1n) is 12.2. The van der Waals surface area contributed by atoms with Gasteiger partial charge in [0.05, 0.1) is 22.6 Å². The molecule has 0 aliphatic carbocycles. The van der Waals surface area contributed by atoms with E-state index in [0.29, 0.717) is 39.4 Å². The van der Waals surface area contributed by atoms with Crippen molar-refractivity contribution < 1.29 is 8.94 Å². The largest absolute Gasteiger partial charge is 0.453 e. The summed E-state index contributed by atoms with van der Waals surface area (Å²) in [5.74, 6) is -0.143. The lowest BCUT2D eigenvalue weighted by Gasteiger charge is -2.19. The highest BCUT2D eigenvalue weighted by molar-refractivity contribution is 6.29. The molecule has 6 aromatic rings. The predicted octanol–water partition coefficient (Wildman–Crippen LogP) is 5.53. The molecule has 0 radical (unpaired) electrons. The average molecular weight is 543 g/mol. The Labute approximate surface area is 226 Å². The smallest absolute Gasteiger partial charge is 0.439 e. The summed E-state index contributed by atoms with van der Waals surface area (Å²) >= 11 is 6.13. The molecule has 196 valence electrons. The lowest BCUT2D eigenvalue weighted by atomic mass is 9.99. The van der Waals surface area contributed by atoms with E-state index in [-0.39, 0.29) is 22.4 Å². The summed E-state index contributed by atoms with van der Waals surface area (Å²) in [7, 11) is 1.86. The molecule has 11 heteroatoms. The minimum absolute atomic E-state index is 0.118. The second-order valence-electron chi connectivity index (χ2n) is 9.45. The molecule has 10 nitrogen and oxygen atoms in total. The molecule has 39 heavy (non-hydrogen) atoms. The number of benzene rings is 2. The molecule has 0 amide bonds.